The van der Waals surface area contributed by atoms with E-state index in [1.807, 2.05) is 37.3 Å². The molecule has 0 unspecified atom stereocenters. The van der Waals surface area contributed by atoms with Crippen LogP contribution < -0.4 is 5.32 Å². The van der Waals surface area contributed by atoms with Crippen LogP contribution in [-0.2, 0) is 16.1 Å². The molecule has 0 atom stereocenters. The van der Waals surface area contributed by atoms with E-state index < -0.39 is 0 Å². The lowest BCUT2D eigenvalue weighted by atomic mass is 9.86. The lowest BCUT2D eigenvalue weighted by Crippen LogP contribution is -2.40. The van der Waals surface area contributed by atoms with Crippen LogP contribution in [0.4, 0.5) is 0 Å². The third-order valence-electron chi connectivity index (χ3n) is 5.94. The van der Waals surface area contributed by atoms with Crippen molar-refractivity contribution < 1.29 is 13.9 Å². The van der Waals surface area contributed by atoms with E-state index >= 15 is 0 Å². The average Bonchev–Trinajstić information content (AvgIpc) is 3.41. The fourth-order valence-electron chi connectivity index (χ4n) is 4.29. The summed E-state index contributed by atoms with van der Waals surface area (Å²) in [5.74, 6) is 0.721. The summed E-state index contributed by atoms with van der Waals surface area (Å²) >= 11 is 0. The summed E-state index contributed by atoms with van der Waals surface area (Å²) in [6, 6.07) is 17.7. The van der Waals surface area contributed by atoms with Gasteiger partial charge in [-0.15, -0.1) is 0 Å². The molecule has 5 heteroatoms. The number of fused-ring (bicyclic) bond motifs is 1. The third kappa shape index (κ3) is 4.10. The van der Waals surface area contributed by atoms with Gasteiger partial charge in [-0.1, -0.05) is 18.9 Å². The fraction of sp³-hybridized carbons (Fsp3) is 0.360. The van der Waals surface area contributed by atoms with Crippen molar-refractivity contribution >= 4 is 16.9 Å². The molecule has 1 aliphatic carbocycles. The Morgan fingerprint density at radius 2 is 1.93 bits per heavy atom. The van der Waals surface area contributed by atoms with Crippen molar-refractivity contribution in [3.05, 3.63) is 59.7 Å². The van der Waals surface area contributed by atoms with Gasteiger partial charge in [-0.2, -0.15) is 5.26 Å². The lowest BCUT2D eigenvalue weighted by molar-refractivity contribution is -0.154. The van der Waals surface area contributed by atoms with Crippen molar-refractivity contribution in [2.75, 3.05) is 13.2 Å². The minimum absolute atomic E-state index is 0.0626. The van der Waals surface area contributed by atoms with Gasteiger partial charge in [0.25, 0.3) is 0 Å². The number of nitrogens with one attached hydrogen (secondary N) is 1. The quantitative estimate of drug-likeness (QED) is 0.551. The van der Waals surface area contributed by atoms with Gasteiger partial charge in [-0.05, 0) is 67.8 Å². The topological polar surface area (TPSA) is 75.3 Å². The standard InChI is InChI=1S/C25H26N2O3/c1-2-29-24(28)25(11-3-4-12-25)17-27-16-19-7-10-22-21(13-19)14-23(30-22)20-8-5-18(15-26)6-9-20/h5-10,13-14,27H,2-4,11-12,16-17H2,1H3. The average molecular weight is 402 g/mol. The maximum Gasteiger partial charge on any atom is 0.313 e. The van der Waals surface area contributed by atoms with Crippen LogP contribution >= 0.6 is 0 Å². The largest absolute Gasteiger partial charge is 0.466 e. The van der Waals surface area contributed by atoms with E-state index in [0.29, 0.717) is 25.3 Å². The molecule has 154 valence electrons. The van der Waals surface area contributed by atoms with Crippen LogP contribution in [0.15, 0.2) is 52.9 Å². The summed E-state index contributed by atoms with van der Waals surface area (Å²) in [5.41, 5.74) is 3.18. The SMILES string of the molecule is CCOC(=O)C1(CNCc2ccc3oc(-c4ccc(C#N)cc4)cc3c2)CCCC1. The molecule has 0 saturated heterocycles. The first kappa shape index (κ1) is 20.2. The second kappa shape index (κ2) is 8.73. The van der Waals surface area contributed by atoms with E-state index in [-0.39, 0.29) is 11.4 Å². The maximum absolute atomic E-state index is 12.5. The zero-order valence-electron chi connectivity index (χ0n) is 17.2. The number of carbonyl (C=O) groups excluding carboxylic acids is 1. The normalized spacial score (nSPS) is 15.2. The highest BCUT2D eigenvalue weighted by Crippen LogP contribution is 2.39. The number of nitriles is 1. The van der Waals surface area contributed by atoms with E-state index in [1.165, 1.54) is 0 Å². The monoisotopic (exact) mass is 402 g/mol. The third-order valence-corrected chi connectivity index (χ3v) is 5.94. The predicted octanol–water partition coefficient (Wildman–Crippen LogP) is 5.18. The number of benzene rings is 2. The Balaban J connectivity index is 1.45. The number of esters is 1. The molecule has 0 bridgehead atoms. The van der Waals surface area contributed by atoms with Gasteiger partial charge in [-0.3, -0.25) is 4.79 Å². The molecule has 4 rings (SSSR count). The summed E-state index contributed by atoms with van der Waals surface area (Å²) in [7, 11) is 0. The van der Waals surface area contributed by atoms with Gasteiger partial charge in [0.05, 0.1) is 23.7 Å². The van der Waals surface area contributed by atoms with E-state index in [4.69, 9.17) is 14.4 Å². The fourth-order valence-corrected chi connectivity index (χ4v) is 4.29. The second-order valence-electron chi connectivity index (χ2n) is 7.98. The van der Waals surface area contributed by atoms with E-state index in [9.17, 15) is 4.79 Å². The molecule has 3 aromatic rings. The molecule has 0 spiro atoms. The number of furan rings is 1. The Kier molecular flexibility index (Phi) is 5.87. The van der Waals surface area contributed by atoms with Gasteiger partial charge in [0.1, 0.15) is 11.3 Å². The van der Waals surface area contributed by atoms with Crippen LogP contribution in [0.3, 0.4) is 0 Å². The first-order valence-corrected chi connectivity index (χ1v) is 10.5. The van der Waals surface area contributed by atoms with Crippen LogP contribution in [0.2, 0.25) is 0 Å². The summed E-state index contributed by atoms with van der Waals surface area (Å²) in [4.78, 5) is 12.5. The highest BCUT2D eigenvalue weighted by atomic mass is 16.5. The molecule has 0 aliphatic heterocycles. The smallest absolute Gasteiger partial charge is 0.313 e. The Hall–Kier alpha value is -3.10. The van der Waals surface area contributed by atoms with Crippen LogP contribution in [0, 0.1) is 16.7 Å². The van der Waals surface area contributed by atoms with Gasteiger partial charge in [-0.25, -0.2) is 0 Å². The Morgan fingerprint density at radius 3 is 2.63 bits per heavy atom. The summed E-state index contributed by atoms with van der Waals surface area (Å²) in [6.07, 6.45) is 3.96. The molecule has 1 aromatic heterocycles. The number of ether oxygens (including phenoxy) is 1. The number of nitrogens with zero attached hydrogens (tertiary/aromatic N) is 1. The van der Waals surface area contributed by atoms with E-state index in [2.05, 4.69) is 17.5 Å². The second-order valence-corrected chi connectivity index (χ2v) is 7.98. The summed E-state index contributed by atoms with van der Waals surface area (Å²) in [5, 5.41) is 13.5. The van der Waals surface area contributed by atoms with Crippen molar-refractivity contribution in [3.63, 3.8) is 0 Å². The highest BCUT2D eigenvalue weighted by Gasteiger charge is 2.42. The van der Waals surface area contributed by atoms with Gasteiger partial charge >= 0.3 is 5.97 Å². The minimum atomic E-state index is -0.376. The molecule has 1 saturated carbocycles. The molecule has 1 heterocycles. The van der Waals surface area contributed by atoms with Gasteiger partial charge < -0.3 is 14.5 Å². The van der Waals surface area contributed by atoms with Gasteiger partial charge in [0, 0.05) is 24.0 Å². The molecule has 2 aromatic carbocycles. The molecule has 1 N–H and O–H groups in total. The van der Waals surface area contributed by atoms with Crippen molar-refractivity contribution in [2.24, 2.45) is 5.41 Å². The van der Waals surface area contributed by atoms with Gasteiger partial charge in [0.15, 0.2) is 0 Å². The summed E-state index contributed by atoms with van der Waals surface area (Å²) < 4.78 is 11.3. The Labute approximate surface area is 176 Å². The number of rotatable bonds is 7. The van der Waals surface area contributed by atoms with Crippen molar-refractivity contribution in [2.45, 2.75) is 39.2 Å². The molecule has 1 aliphatic rings. The van der Waals surface area contributed by atoms with Crippen molar-refractivity contribution in [3.8, 4) is 17.4 Å². The predicted molar refractivity (Wildman–Crippen MR) is 116 cm³/mol. The van der Waals surface area contributed by atoms with E-state index in [0.717, 1.165) is 53.5 Å². The first-order valence-electron chi connectivity index (χ1n) is 10.5. The number of carbonyl (C=O) groups is 1. The minimum Gasteiger partial charge on any atom is -0.466 e. The number of hydrogen-bond acceptors (Lipinski definition) is 5. The lowest BCUT2D eigenvalue weighted by Gasteiger charge is -2.26. The maximum atomic E-state index is 12.5. The molecule has 0 radical (unpaired) electrons. The van der Waals surface area contributed by atoms with Crippen molar-refractivity contribution in [1.29, 1.82) is 5.26 Å². The Morgan fingerprint density at radius 1 is 1.17 bits per heavy atom. The van der Waals surface area contributed by atoms with Crippen LogP contribution in [0.5, 0.6) is 0 Å². The van der Waals surface area contributed by atoms with Crippen LogP contribution in [0.25, 0.3) is 22.3 Å². The zero-order valence-corrected chi connectivity index (χ0v) is 17.2. The summed E-state index contributed by atoms with van der Waals surface area (Å²) in [6.45, 7) is 3.62. The van der Waals surface area contributed by atoms with Gasteiger partial charge in [0.2, 0.25) is 0 Å². The molecule has 0 amide bonds. The van der Waals surface area contributed by atoms with Crippen LogP contribution in [-0.4, -0.2) is 19.1 Å². The molecule has 5 nitrogen and oxygen atoms in total. The highest BCUT2D eigenvalue weighted by molar-refractivity contribution is 5.83. The molecule has 1 fully saturated rings. The van der Waals surface area contributed by atoms with Crippen LogP contribution in [0.1, 0.15) is 43.7 Å². The Bertz CT molecular complexity index is 1070. The zero-order chi connectivity index (χ0) is 21.0. The molecular formula is C25H26N2O3. The first-order chi connectivity index (χ1) is 14.6. The molecule has 30 heavy (non-hydrogen) atoms. The van der Waals surface area contributed by atoms with Crippen molar-refractivity contribution in [1.82, 2.24) is 5.32 Å². The van der Waals surface area contributed by atoms with E-state index in [1.54, 1.807) is 12.1 Å². The number of hydrogen-bond donors (Lipinski definition) is 1. The molecular weight excluding hydrogens is 376 g/mol.